The Bertz CT molecular complexity index is 852. The summed E-state index contributed by atoms with van der Waals surface area (Å²) in [7, 11) is 5.13. The van der Waals surface area contributed by atoms with Crippen molar-refractivity contribution in [1.29, 1.82) is 0 Å². The maximum Gasteiger partial charge on any atom is 0.125 e. The van der Waals surface area contributed by atoms with Crippen LogP contribution < -0.4 is 9.47 Å². The minimum absolute atomic E-state index is 0.213. The van der Waals surface area contributed by atoms with Crippen molar-refractivity contribution < 1.29 is 23.4 Å². The largest absolute Gasteiger partial charge is 0.496 e. The van der Waals surface area contributed by atoms with Gasteiger partial charge in [-0.3, -0.25) is 0 Å². The number of piperidine rings is 1. The summed E-state index contributed by atoms with van der Waals surface area (Å²) in [5, 5.41) is 12.1. The van der Waals surface area contributed by atoms with Gasteiger partial charge in [0.15, 0.2) is 0 Å². The number of halogens is 2. The molecule has 2 atom stereocenters. The van der Waals surface area contributed by atoms with Gasteiger partial charge in [0, 0.05) is 23.2 Å². The van der Waals surface area contributed by atoms with Crippen LogP contribution in [0.5, 0.6) is 11.5 Å². The molecule has 0 spiro atoms. The highest BCUT2D eigenvalue weighted by atomic mass is 19.1. The van der Waals surface area contributed by atoms with Gasteiger partial charge >= 0.3 is 0 Å². The van der Waals surface area contributed by atoms with Crippen LogP contribution in [0.1, 0.15) is 43.2 Å². The molecule has 0 saturated carbocycles. The lowest BCUT2D eigenvalue weighted by atomic mass is 9.74. The van der Waals surface area contributed by atoms with Crippen LogP contribution in [0.25, 0.3) is 0 Å². The Kier molecular flexibility index (Phi) is 5.73. The molecular weight excluding hydrogens is 388 g/mol. The lowest BCUT2D eigenvalue weighted by Crippen LogP contribution is -2.42. The van der Waals surface area contributed by atoms with Crippen molar-refractivity contribution in [3.8, 4) is 11.5 Å². The summed E-state index contributed by atoms with van der Waals surface area (Å²) in [6, 6.07) is 9.13. The van der Waals surface area contributed by atoms with Gasteiger partial charge in [-0.05, 0) is 81.5 Å². The van der Waals surface area contributed by atoms with E-state index in [1.165, 1.54) is 50.6 Å². The van der Waals surface area contributed by atoms with Gasteiger partial charge in [-0.25, -0.2) is 8.78 Å². The van der Waals surface area contributed by atoms with Gasteiger partial charge < -0.3 is 19.5 Å². The Hall–Kier alpha value is -2.18. The first-order chi connectivity index (χ1) is 14.4. The van der Waals surface area contributed by atoms with Crippen LogP contribution in [0.15, 0.2) is 36.4 Å². The van der Waals surface area contributed by atoms with Gasteiger partial charge in [0.1, 0.15) is 28.7 Å². The molecule has 162 valence electrons. The topological polar surface area (TPSA) is 41.9 Å². The van der Waals surface area contributed by atoms with E-state index in [0.717, 1.165) is 25.7 Å². The van der Waals surface area contributed by atoms with E-state index < -0.39 is 17.2 Å². The molecule has 2 aromatic carbocycles. The zero-order valence-corrected chi connectivity index (χ0v) is 17.7. The molecule has 1 N–H and O–H groups in total. The molecule has 4 nitrogen and oxygen atoms in total. The normalized spacial score (nSPS) is 24.1. The van der Waals surface area contributed by atoms with E-state index >= 15 is 0 Å². The second-order valence-electron chi connectivity index (χ2n) is 8.64. The first-order valence-corrected chi connectivity index (χ1v) is 10.5. The van der Waals surface area contributed by atoms with Gasteiger partial charge in [-0.1, -0.05) is 0 Å². The van der Waals surface area contributed by atoms with E-state index in [1.807, 2.05) is 0 Å². The maximum absolute atomic E-state index is 14.3. The van der Waals surface area contributed by atoms with Crippen LogP contribution in [-0.4, -0.2) is 43.4 Å². The van der Waals surface area contributed by atoms with Crippen molar-refractivity contribution in [3.63, 3.8) is 0 Å². The van der Waals surface area contributed by atoms with Crippen molar-refractivity contribution in [2.75, 3.05) is 21.3 Å². The first-order valence-electron chi connectivity index (χ1n) is 10.5. The van der Waals surface area contributed by atoms with Crippen LogP contribution in [0.2, 0.25) is 0 Å². The lowest BCUT2D eigenvalue weighted by Gasteiger charge is -2.41. The van der Waals surface area contributed by atoms with Crippen LogP contribution in [0.4, 0.5) is 8.78 Å². The van der Waals surface area contributed by atoms with E-state index in [4.69, 9.17) is 9.47 Å². The lowest BCUT2D eigenvalue weighted by molar-refractivity contribution is 0.0230. The minimum Gasteiger partial charge on any atom is -0.496 e. The fraction of sp³-hybridized carbons (Fsp3) is 0.500. The molecule has 0 aromatic heterocycles. The highest BCUT2D eigenvalue weighted by Crippen LogP contribution is 2.48. The van der Waals surface area contributed by atoms with Crippen molar-refractivity contribution in [1.82, 2.24) is 4.90 Å². The Balaban J connectivity index is 1.82. The van der Waals surface area contributed by atoms with Crippen molar-refractivity contribution in [2.24, 2.45) is 5.92 Å². The number of hydrogen-bond acceptors (Lipinski definition) is 4. The van der Waals surface area contributed by atoms with Crippen molar-refractivity contribution in [3.05, 3.63) is 59.2 Å². The van der Waals surface area contributed by atoms with Crippen LogP contribution >= 0.6 is 0 Å². The van der Waals surface area contributed by atoms with Gasteiger partial charge in [0.05, 0.1) is 14.2 Å². The van der Waals surface area contributed by atoms with Gasteiger partial charge in [0.25, 0.3) is 0 Å². The van der Waals surface area contributed by atoms with E-state index in [9.17, 15) is 13.9 Å². The SMILES string of the molecule is COc1ccc(F)cc1C(O)(CC1CC2CCC(C1)N2C)c1cc(F)ccc1OC. The molecule has 6 heteroatoms. The Morgan fingerprint density at radius 2 is 1.40 bits per heavy atom. The van der Waals surface area contributed by atoms with Crippen LogP contribution in [0, 0.1) is 17.6 Å². The molecule has 2 aromatic rings. The zero-order valence-electron chi connectivity index (χ0n) is 17.7. The van der Waals surface area contributed by atoms with E-state index in [-0.39, 0.29) is 5.92 Å². The summed E-state index contributed by atoms with van der Waals surface area (Å²) < 4.78 is 39.5. The summed E-state index contributed by atoms with van der Waals surface area (Å²) in [5.74, 6) is -0.0297. The Morgan fingerprint density at radius 1 is 0.933 bits per heavy atom. The smallest absolute Gasteiger partial charge is 0.125 e. The number of hydrogen-bond donors (Lipinski definition) is 1. The molecule has 0 aliphatic carbocycles. The Labute approximate surface area is 176 Å². The molecule has 2 aliphatic heterocycles. The van der Waals surface area contributed by atoms with Gasteiger partial charge in [-0.15, -0.1) is 0 Å². The molecule has 2 aliphatic rings. The predicted octanol–water partition coefficient (Wildman–Crippen LogP) is 4.48. The molecule has 0 radical (unpaired) electrons. The predicted molar refractivity (Wildman–Crippen MR) is 111 cm³/mol. The summed E-state index contributed by atoms with van der Waals surface area (Å²) in [5.41, 5.74) is -1.07. The molecule has 2 fully saturated rings. The molecule has 2 heterocycles. The second kappa shape index (κ2) is 8.16. The summed E-state index contributed by atoms with van der Waals surface area (Å²) in [6.07, 6.45) is 4.55. The third kappa shape index (κ3) is 3.67. The molecule has 2 bridgehead atoms. The fourth-order valence-electron chi connectivity index (χ4n) is 5.48. The molecule has 30 heavy (non-hydrogen) atoms. The van der Waals surface area contributed by atoms with Crippen molar-refractivity contribution >= 4 is 0 Å². The minimum atomic E-state index is -1.65. The third-order valence-corrected chi connectivity index (χ3v) is 6.99. The van der Waals surface area contributed by atoms with Gasteiger partial charge in [-0.2, -0.15) is 0 Å². The first kappa shape index (κ1) is 21.1. The number of benzene rings is 2. The monoisotopic (exact) mass is 417 g/mol. The maximum atomic E-state index is 14.3. The van der Waals surface area contributed by atoms with E-state index in [2.05, 4.69) is 11.9 Å². The average molecular weight is 417 g/mol. The zero-order chi connectivity index (χ0) is 21.5. The molecule has 2 unspecified atom stereocenters. The summed E-state index contributed by atoms with van der Waals surface area (Å²) >= 11 is 0. The quantitative estimate of drug-likeness (QED) is 0.753. The number of methoxy groups -OCH3 is 2. The number of aliphatic hydroxyl groups is 1. The second-order valence-corrected chi connectivity index (χ2v) is 8.64. The van der Waals surface area contributed by atoms with Crippen LogP contribution in [-0.2, 0) is 5.60 Å². The molecular formula is C24H29F2NO3. The number of rotatable bonds is 6. The number of nitrogens with zero attached hydrogens (tertiary/aromatic N) is 1. The van der Waals surface area contributed by atoms with E-state index in [1.54, 1.807) is 0 Å². The van der Waals surface area contributed by atoms with Crippen LogP contribution in [0.3, 0.4) is 0 Å². The summed E-state index contributed by atoms with van der Waals surface area (Å²) in [6.45, 7) is 0. The highest BCUT2D eigenvalue weighted by molar-refractivity contribution is 5.50. The highest BCUT2D eigenvalue weighted by Gasteiger charge is 2.45. The number of fused-ring (bicyclic) bond motifs is 2. The summed E-state index contributed by atoms with van der Waals surface area (Å²) in [4.78, 5) is 2.43. The van der Waals surface area contributed by atoms with E-state index in [0.29, 0.717) is 41.1 Å². The Morgan fingerprint density at radius 3 is 1.83 bits per heavy atom. The molecule has 2 saturated heterocycles. The molecule has 0 amide bonds. The van der Waals surface area contributed by atoms with Gasteiger partial charge in [0.2, 0.25) is 0 Å². The standard InChI is InChI=1S/C24H29F2NO3/c1-27-18-6-7-19(27)11-15(10-18)14-24(28,20-12-16(25)4-8-22(20)29-2)21-13-17(26)5-9-23(21)30-3/h4-5,8-9,12-13,15,18-19,28H,6-7,10-11,14H2,1-3H3. The number of ether oxygens (including phenoxy) is 2. The average Bonchev–Trinajstić information content (AvgIpc) is 2.94. The fourth-order valence-corrected chi connectivity index (χ4v) is 5.48. The molecule has 4 rings (SSSR count). The third-order valence-electron chi connectivity index (χ3n) is 6.99. The van der Waals surface area contributed by atoms with Crippen molar-refractivity contribution in [2.45, 2.75) is 49.8 Å².